The van der Waals surface area contributed by atoms with E-state index in [2.05, 4.69) is 10.6 Å². The van der Waals surface area contributed by atoms with Gasteiger partial charge in [0.15, 0.2) is 11.3 Å². The van der Waals surface area contributed by atoms with Gasteiger partial charge in [0.25, 0.3) is 5.91 Å². The molecule has 6 heteroatoms. The standard InChI is InChI=1S/C23H20N2O4/c1-14(26)25-16-8-10-19-18(12-16)21-17(9-11-20(28-2)22(21)29-19)23(27)24-13-15-6-4-3-5-7-15/h3-12H,13H2,1-2H3,(H,24,27)(H,25,26). The third kappa shape index (κ3) is 3.65. The fourth-order valence-corrected chi connectivity index (χ4v) is 3.36. The quantitative estimate of drug-likeness (QED) is 0.528. The van der Waals surface area contributed by atoms with Gasteiger partial charge in [0.05, 0.1) is 12.7 Å². The molecular weight excluding hydrogens is 368 g/mol. The summed E-state index contributed by atoms with van der Waals surface area (Å²) in [5.74, 6) is 0.154. The maximum Gasteiger partial charge on any atom is 0.252 e. The maximum atomic E-state index is 13.0. The van der Waals surface area contributed by atoms with Gasteiger partial charge in [-0.1, -0.05) is 30.3 Å². The SMILES string of the molecule is COc1ccc(C(=O)NCc2ccccc2)c2c1oc1ccc(NC(C)=O)cc12. The van der Waals surface area contributed by atoms with E-state index in [-0.39, 0.29) is 11.8 Å². The number of rotatable bonds is 5. The van der Waals surface area contributed by atoms with Gasteiger partial charge in [-0.05, 0) is 35.9 Å². The van der Waals surface area contributed by atoms with Crippen LogP contribution in [0.5, 0.6) is 5.75 Å². The Morgan fingerprint density at radius 1 is 1.03 bits per heavy atom. The van der Waals surface area contributed by atoms with Crippen LogP contribution in [0.4, 0.5) is 5.69 Å². The van der Waals surface area contributed by atoms with Crippen molar-refractivity contribution >= 4 is 39.4 Å². The maximum absolute atomic E-state index is 13.0. The molecule has 2 amide bonds. The number of hydrogen-bond acceptors (Lipinski definition) is 4. The second kappa shape index (κ2) is 7.67. The van der Waals surface area contributed by atoms with E-state index in [0.29, 0.717) is 40.1 Å². The first-order chi connectivity index (χ1) is 14.1. The average molecular weight is 388 g/mol. The summed E-state index contributed by atoms with van der Waals surface area (Å²) in [6.07, 6.45) is 0. The Morgan fingerprint density at radius 3 is 2.55 bits per heavy atom. The van der Waals surface area contributed by atoms with E-state index >= 15 is 0 Å². The summed E-state index contributed by atoms with van der Waals surface area (Å²) in [6, 6.07) is 18.5. The minimum atomic E-state index is -0.214. The highest BCUT2D eigenvalue weighted by molar-refractivity contribution is 6.18. The molecule has 1 aromatic heterocycles. The molecule has 0 aliphatic heterocycles. The molecule has 0 aliphatic rings. The van der Waals surface area contributed by atoms with Crippen LogP contribution in [0, 0.1) is 0 Å². The highest BCUT2D eigenvalue weighted by Gasteiger charge is 2.20. The summed E-state index contributed by atoms with van der Waals surface area (Å²) >= 11 is 0. The highest BCUT2D eigenvalue weighted by atomic mass is 16.5. The smallest absolute Gasteiger partial charge is 0.252 e. The van der Waals surface area contributed by atoms with Crippen molar-refractivity contribution < 1.29 is 18.7 Å². The van der Waals surface area contributed by atoms with Gasteiger partial charge < -0.3 is 19.8 Å². The predicted octanol–water partition coefficient (Wildman–Crippen LogP) is 4.48. The number of furan rings is 1. The number of anilines is 1. The van der Waals surface area contributed by atoms with E-state index in [0.717, 1.165) is 10.9 Å². The molecule has 4 aromatic rings. The van der Waals surface area contributed by atoms with Crippen LogP contribution in [-0.4, -0.2) is 18.9 Å². The zero-order valence-electron chi connectivity index (χ0n) is 16.1. The average Bonchev–Trinajstić information content (AvgIpc) is 3.10. The summed E-state index contributed by atoms with van der Waals surface area (Å²) in [7, 11) is 1.56. The number of nitrogens with one attached hydrogen (secondary N) is 2. The van der Waals surface area contributed by atoms with Gasteiger partial charge in [0.2, 0.25) is 5.91 Å². The van der Waals surface area contributed by atoms with Crippen LogP contribution in [0.25, 0.3) is 21.9 Å². The van der Waals surface area contributed by atoms with E-state index in [1.54, 1.807) is 37.4 Å². The normalized spacial score (nSPS) is 10.8. The highest BCUT2D eigenvalue weighted by Crippen LogP contribution is 2.38. The van der Waals surface area contributed by atoms with Crippen molar-refractivity contribution in [1.29, 1.82) is 0 Å². The molecule has 4 rings (SSSR count). The second-order valence-electron chi connectivity index (χ2n) is 6.68. The zero-order valence-corrected chi connectivity index (χ0v) is 16.1. The van der Waals surface area contributed by atoms with Crippen molar-refractivity contribution in [2.75, 3.05) is 12.4 Å². The predicted molar refractivity (Wildman–Crippen MR) is 112 cm³/mol. The number of hydrogen-bond donors (Lipinski definition) is 2. The molecule has 0 atom stereocenters. The number of ether oxygens (including phenoxy) is 1. The second-order valence-corrected chi connectivity index (χ2v) is 6.68. The Labute approximate surface area is 167 Å². The first kappa shape index (κ1) is 18.6. The van der Waals surface area contributed by atoms with Gasteiger partial charge in [0, 0.05) is 29.9 Å². The number of fused-ring (bicyclic) bond motifs is 3. The van der Waals surface area contributed by atoms with E-state index in [4.69, 9.17) is 9.15 Å². The molecule has 0 spiro atoms. The van der Waals surface area contributed by atoms with Gasteiger partial charge in [-0.25, -0.2) is 0 Å². The molecule has 0 saturated carbocycles. The van der Waals surface area contributed by atoms with Crippen molar-refractivity contribution in [3.05, 3.63) is 71.8 Å². The van der Waals surface area contributed by atoms with Crippen molar-refractivity contribution in [2.24, 2.45) is 0 Å². The van der Waals surface area contributed by atoms with Crippen molar-refractivity contribution in [3.8, 4) is 5.75 Å². The third-order valence-corrected chi connectivity index (χ3v) is 4.66. The fraction of sp³-hybridized carbons (Fsp3) is 0.130. The zero-order chi connectivity index (χ0) is 20.4. The molecule has 0 unspecified atom stereocenters. The van der Waals surface area contributed by atoms with E-state index in [9.17, 15) is 9.59 Å². The minimum absolute atomic E-state index is 0.171. The lowest BCUT2D eigenvalue weighted by Crippen LogP contribution is -2.22. The fourth-order valence-electron chi connectivity index (χ4n) is 3.36. The van der Waals surface area contributed by atoms with Crippen LogP contribution >= 0.6 is 0 Å². The van der Waals surface area contributed by atoms with Crippen LogP contribution in [-0.2, 0) is 11.3 Å². The van der Waals surface area contributed by atoms with Crippen molar-refractivity contribution in [2.45, 2.75) is 13.5 Å². The molecule has 2 N–H and O–H groups in total. The number of carbonyl (C=O) groups excluding carboxylic acids is 2. The molecule has 146 valence electrons. The van der Waals surface area contributed by atoms with Crippen molar-refractivity contribution in [3.63, 3.8) is 0 Å². The number of amides is 2. The van der Waals surface area contributed by atoms with E-state index in [1.807, 2.05) is 30.3 Å². The topological polar surface area (TPSA) is 80.6 Å². The lowest BCUT2D eigenvalue weighted by atomic mass is 10.0. The molecule has 6 nitrogen and oxygen atoms in total. The minimum Gasteiger partial charge on any atom is -0.493 e. The Hall–Kier alpha value is -3.80. The molecule has 0 radical (unpaired) electrons. The molecular formula is C23H20N2O4. The molecule has 0 fully saturated rings. The van der Waals surface area contributed by atoms with Crippen molar-refractivity contribution in [1.82, 2.24) is 5.32 Å². The van der Waals surface area contributed by atoms with Crippen LogP contribution in [0.15, 0.2) is 65.1 Å². The van der Waals surface area contributed by atoms with E-state index < -0.39 is 0 Å². The summed E-state index contributed by atoms with van der Waals surface area (Å²) in [5.41, 5.74) is 3.22. The van der Waals surface area contributed by atoms with E-state index in [1.165, 1.54) is 6.92 Å². The number of carbonyl (C=O) groups is 2. The Balaban J connectivity index is 1.80. The molecule has 29 heavy (non-hydrogen) atoms. The Morgan fingerprint density at radius 2 is 1.83 bits per heavy atom. The monoisotopic (exact) mass is 388 g/mol. The number of methoxy groups -OCH3 is 1. The Bertz CT molecular complexity index is 1210. The van der Waals surface area contributed by atoms with Gasteiger partial charge in [0.1, 0.15) is 5.58 Å². The van der Waals surface area contributed by atoms with Crippen LogP contribution < -0.4 is 15.4 Å². The Kier molecular flexibility index (Phi) is 4.91. The molecule has 0 aliphatic carbocycles. The largest absolute Gasteiger partial charge is 0.493 e. The molecule has 0 bridgehead atoms. The molecule has 1 heterocycles. The van der Waals surface area contributed by atoms with Gasteiger partial charge in [-0.15, -0.1) is 0 Å². The van der Waals surface area contributed by atoms with Crippen LogP contribution in [0.2, 0.25) is 0 Å². The summed E-state index contributed by atoms with van der Waals surface area (Å²) in [4.78, 5) is 24.4. The van der Waals surface area contributed by atoms with Gasteiger partial charge >= 0.3 is 0 Å². The summed E-state index contributed by atoms with van der Waals surface area (Å²) < 4.78 is 11.4. The molecule has 3 aromatic carbocycles. The van der Waals surface area contributed by atoms with Crippen LogP contribution in [0.1, 0.15) is 22.8 Å². The van der Waals surface area contributed by atoms with Gasteiger partial charge in [-0.3, -0.25) is 9.59 Å². The van der Waals surface area contributed by atoms with Crippen LogP contribution in [0.3, 0.4) is 0 Å². The first-order valence-electron chi connectivity index (χ1n) is 9.20. The summed E-state index contributed by atoms with van der Waals surface area (Å²) in [6.45, 7) is 1.86. The first-order valence-corrected chi connectivity index (χ1v) is 9.20. The third-order valence-electron chi connectivity index (χ3n) is 4.66. The number of benzene rings is 3. The lowest BCUT2D eigenvalue weighted by Gasteiger charge is -2.08. The van der Waals surface area contributed by atoms with Gasteiger partial charge in [-0.2, -0.15) is 0 Å². The molecule has 0 saturated heterocycles. The summed E-state index contributed by atoms with van der Waals surface area (Å²) in [5, 5.41) is 7.10. The lowest BCUT2D eigenvalue weighted by molar-refractivity contribution is -0.114.